The number of benzene rings is 1. The second-order valence-corrected chi connectivity index (χ2v) is 7.29. The minimum absolute atomic E-state index is 0.0207. The van der Waals surface area contributed by atoms with E-state index in [1.807, 2.05) is 6.92 Å². The Labute approximate surface area is 149 Å². The average Bonchev–Trinajstić information content (AvgIpc) is 2.93. The molecule has 7 nitrogen and oxygen atoms in total. The average molecular weight is 379 g/mol. The summed E-state index contributed by atoms with van der Waals surface area (Å²) in [6.07, 6.45) is 2.93. The maximum atomic E-state index is 12.3. The van der Waals surface area contributed by atoms with Gasteiger partial charge in [-0.1, -0.05) is 11.6 Å². The van der Waals surface area contributed by atoms with Gasteiger partial charge in [-0.05, 0) is 37.3 Å². The van der Waals surface area contributed by atoms with Crippen LogP contribution in [0.15, 0.2) is 47.6 Å². The first-order valence-corrected chi connectivity index (χ1v) is 9.30. The van der Waals surface area contributed by atoms with E-state index in [9.17, 15) is 13.2 Å². The third-order valence-corrected chi connectivity index (χ3v) is 4.88. The minimum atomic E-state index is -3.88. The molecule has 0 aliphatic heterocycles. The molecule has 2 aromatic heterocycles. The van der Waals surface area contributed by atoms with Gasteiger partial charge in [-0.2, -0.15) is 0 Å². The molecule has 0 fully saturated rings. The van der Waals surface area contributed by atoms with Crippen molar-refractivity contribution in [1.82, 2.24) is 9.55 Å². The van der Waals surface area contributed by atoms with E-state index in [2.05, 4.69) is 10.3 Å². The number of anilines is 1. The van der Waals surface area contributed by atoms with E-state index in [1.54, 1.807) is 22.8 Å². The van der Waals surface area contributed by atoms with Gasteiger partial charge in [0.2, 0.25) is 10.0 Å². The van der Waals surface area contributed by atoms with Gasteiger partial charge in [-0.15, -0.1) is 0 Å². The molecule has 0 saturated heterocycles. The van der Waals surface area contributed by atoms with Crippen molar-refractivity contribution in [1.29, 1.82) is 0 Å². The number of rotatable bonds is 4. The molecule has 0 bridgehead atoms. The van der Waals surface area contributed by atoms with Gasteiger partial charge in [0.15, 0.2) is 0 Å². The number of aromatic nitrogens is 2. The summed E-state index contributed by atoms with van der Waals surface area (Å²) in [4.78, 5) is 16.1. The lowest BCUT2D eigenvalue weighted by atomic mass is 10.2. The normalized spacial score (nSPS) is 11.6. The zero-order chi connectivity index (χ0) is 18.2. The molecule has 1 amide bonds. The fraction of sp³-hybridized carbons (Fsp3) is 0.125. The number of hydrogen-bond acceptors (Lipinski definition) is 4. The molecule has 3 aromatic rings. The topological polar surface area (TPSA) is 107 Å². The highest BCUT2D eigenvalue weighted by Crippen LogP contribution is 2.28. The Hall–Kier alpha value is -2.42. The molecule has 0 atom stereocenters. The smallest absolute Gasteiger partial charge is 0.255 e. The second-order valence-electron chi connectivity index (χ2n) is 5.38. The third-order valence-electron chi connectivity index (χ3n) is 3.74. The van der Waals surface area contributed by atoms with Gasteiger partial charge < -0.3 is 9.88 Å². The minimum Gasteiger partial charge on any atom is -0.346 e. The highest BCUT2D eigenvalue weighted by atomic mass is 35.5. The van der Waals surface area contributed by atoms with Crippen molar-refractivity contribution in [3.63, 3.8) is 0 Å². The van der Waals surface area contributed by atoms with Crippen LogP contribution in [0.4, 0.5) is 5.69 Å². The Kier molecular flexibility index (Phi) is 4.51. The Bertz CT molecular complexity index is 1080. The fourth-order valence-electron chi connectivity index (χ4n) is 2.58. The van der Waals surface area contributed by atoms with Gasteiger partial charge in [-0.3, -0.25) is 4.79 Å². The molecule has 25 heavy (non-hydrogen) atoms. The van der Waals surface area contributed by atoms with Crippen LogP contribution < -0.4 is 10.5 Å². The van der Waals surface area contributed by atoms with Gasteiger partial charge in [-0.25, -0.2) is 18.5 Å². The molecule has 0 radical (unpaired) electrons. The molecular weight excluding hydrogens is 364 g/mol. The maximum absolute atomic E-state index is 12.3. The van der Waals surface area contributed by atoms with Crippen LogP contribution in [0.2, 0.25) is 5.15 Å². The summed E-state index contributed by atoms with van der Waals surface area (Å²) in [6.45, 7) is 2.49. The van der Waals surface area contributed by atoms with E-state index in [0.717, 1.165) is 5.52 Å². The lowest BCUT2D eigenvalue weighted by molar-refractivity contribution is 0.102. The van der Waals surface area contributed by atoms with E-state index in [0.29, 0.717) is 23.2 Å². The van der Waals surface area contributed by atoms with Gasteiger partial charge in [0.05, 0.1) is 0 Å². The number of primary sulfonamides is 1. The van der Waals surface area contributed by atoms with Gasteiger partial charge in [0.1, 0.15) is 10.0 Å². The predicted molar refractivity (Wildman–Crippen MR) is 96.2 cm³/mol. The van der Waals surface area contributed by atoms with Gasteiger partial charge in [0, 0.05) is 41.1 Å². The first kappa shape index (κ1) is 17.4. The Morgan fingerprint density at radius 2 is 2.08 bits per heavy atom. The van der Waals surface area contributed by atoms with E-state index >= 15 is 0 Å². The van der Waals surface area contributed by atoms with Crippen LogP contribution in [0, 0.1) is 0 Å². The first-order valence-electron chi connectivity index (χ1n) is 7.38. The fourth-order valence-corrected chi connectivity index (χ4v) is 3.50. The SMILES string of the molecule is CCn1cc(S(N)(=O)=O)c2cc(NC(=O)c3ccnc(Cl)c3)ccc21. The molecular formula is C16H15ClN4O3S. The Balaban J connectivity index is 2.02. The molecule has 130 valence electrons. The zero-order valence-electron chi connectivity index (χ0n) is 13.2. The number of amides is 1. The van der Waals surface area contributed by atoms with Crippen LogP contribution in [0.1, 0.15) is 17.3 Å². The van der Waals surface area contributed by atoms with Crippen molar-refractivity contribution >= 4 is 44.1 Å². The van der Waals surface area contributed by atoms with Crippen molar-refractivity contribution in [2.45, 2.75) is 18.4 Å². The summed E-state index contributed by atoms with van der Waals surface area (Å²) in [5.41, 5.74) is 1.51. The van der Waals surface area contributed by atoms with E-state index in [1.165, 1.54) is 24.5 Å². The van der Waals surface area contributed by atoms with E-state index in [4.69, 9.17) is 16.7 Å². The summed E-state index contributed by atoms with van der Waals surface area (Å²) in [5.74, 6) is -0.379. The third kappa shape index (κ3) is 3.51. The summed E-state index contributed by atoms with van der Waals surface area (Å²) in [6, 6.07) is 7.99. The molecule has 1 aromatic carbocycles. The number of nitrogens with one attached hydrogen (secondary N) is 1. The number of sulfonamides is 1. The molecule has 0 aliphatic carbocycles. The number of nitrogens with zero attached hydrogens (tertiary/aromatic N) is 2. The van der Waals surface area contributed by atoms with Crippen molar-refractivity contribution < 1.29 is 13.2 Å². The number of hydrogen-bond donors (Lipinski definition) is 2. The molecule has 9 heteroatoms. The van der Waals surface area contributed by atoms with Crippen LogP contribution in [-0.2, 0) is 16.6 Å². The number of fused-ring (bicyclic) bond motifs is 1. The summed E-state index contributed by atoms with van der Waals surface area (Å²) in [7, 11) is -3.88. The lowest BCUT2D eigenvalue weighted by Crippen LogP contribution is -2.13. The highest BCUT2D eigenvalue weighted by molar-refractivity contribution is 7.89. The van der Waals surface area contributed by atoms with Crippen molar-refractivity contribution in [3.05, 3.63) is 53.4 Å². The van der Waals surface area contributed by atoms with Crippen LogP contribution in [-0.4, -0.2) is 23.9 Å². The molecule has 0 spiro atoms. The Morgan fingerprint density at radius 3 is 2.72 bits per heavy atom. The quantitative estimate of drug-likeness (QED) is 0.680. The van der Waals surface area contributed by atoms with Crippen molar-refractivity contribution in [2.75, 3.05) is 5.32 Å². The first-order chi connectivity index (χ1) is 11.8. The number of nitrogens with two attached hydrogens (primary N) is 1. The van der Waals surface area contributed by atoms with Crippen molar-refractivity contribution in [3.8, 4) is 0 Å². The molecule has 0 unspecified atom stereocenters. The largest absolute Gasteiger partial charge is 0.346 e. The monoisotopic (exact) mass is 378 g/mol. The molecule has 0 saturated carbocycles. The standard InChI is InChI=1S/C16H15ClN4O3S/c1-2-21-9-14(25(18,23)24)12-8-11(3-4-13(12)21)20-16(22)10-5-6-19-15(17)7-10/h3-9H,2H2,1H3,(H,20,22)(H2,18,23,24). The molecule has 3 N–H and O–H groups in total. The summed E-state index contributed by atoms with van der Waals surface area (Å²) in [5, 5.41) is 8.67. The van der Waals surface area contributed by atoms with Crippen molar-refractivity contribution in [2.24, 2.45) is 5.14 Å². The van der Waals surface area contributed by atoms with Crippen LogP contribution >= 0.6 is 11.6 Å². The number of halogens is 1. The lowest BCUT2D eigenvalue weighted by Gasteiger charge is -2.07. The number of aryl methyl sites for hydroxylation is 1. The highest BCUT2D eigenvalue weighted by Gasteiger charge is 2.18. The van der Waals surface area contributed by atoms with Gasteiger partial charge in [0.25, 0.3) is 5.91 Å². The van der Waals surface area contributed by atoms with Crippen LogP contribution in [0.5, 0.6) is 0 Å². The zero-order valence-corrected chi connectivity index (χ0v) is 14.8. The van der Waals surface area contributed by atoms with E-state index < -0.39 is 10.0 Å². The van der Waals surface area contributed by atoms with Crippen LogP contribution in [0.3, 0.4) is 0 Å². The predicted octanol–water partition coefficient (Wildman–Crippen LogP) is 2.61. The van der Waals surface area contributed by atoms with Crippen LogP contribution in [0.25, 0.3) is 10.9 Å². The molecule has 2 heterocycles. The number of carbonyl (C=O) groups excluding carboxylic acids is 1. The van der Waals surface area contributed by atoms with Gasteiger partial charge >= 0.3 is 0 Å². The maximum Gasteiger partial charge on any atom is 0.255 e. The molecule has 0 aliphatic rings. The summed E-state index contributed by atoms with van der Waals surface area (Å²) >= 11 is 5.79. The van der Waals surface area contributed by atoms with E-state index in [-0.39, 0.29) is 16.0 Å². The Morgan fingerprint density at radius 1 is 1.32 bits per heavy atom. The second kappa shape index (κ2) is 6.47. The number of pyridine rings is 1. The number of carbonyl (C=O) groups is 1. The molecule has 3 rings (SSSR count). The summed E-state index contributed by atoms with van der Waals surface area (Å²) < 4.78 is 25.4.